The predicted molar refractivity (Wildman–Crippen MR) is 132 cm³/mol. The van der Waals surface area contributed by atoms with Crippen LogP contribution in [-0.2, 0) is 25.5 Å². The van der Waals surface area contributed by atoms with Gasteiger partial charge in [-0.1, -0.05) is 43.2 Å². The standard InChI is InChI=1S/C24H34N4O6S/c1-3-34-23(32)20(24(25,35-27-33)14-16-9-5-4-6-10-16)26-15(2)21(29)28-18-12-8-7-11-17(18)13-19(28)22(30)31/h4-6,9-10,15,17-20,26H,3,7-8,11-14,25H2,1-2H3,(H,30,31). The van der Waals surface area contributed by atoms with Crippen LogP contribution in [0.3, 0.4) is 0 Å². The molecule has 1 amide bonds. The van der Waals surface area contributed by atoms with Crippen molar-refractivity contribution in [1.82, 2.24) is 10.2 Å². The number of fused-ring (bicyclic) bond motifs is 1. The average Bonchev–Trinajstić information content (AvgIpc) is 3.22. The van der Waals surface area contributed by atoms with Crippen LogP contribution in [0.15, 0.2) is 34.9 Å². The molecular weight excluding hydrogens is 472 g/mol. The topological polar surface area (TPSA) is 151 Å². The number of nitrogens with two attached hydrogens (primary N) is 1. The highest BCUT2D eigenvalue weighted by molar-refractivity contribution is 7.99. The summed E-state index contributed by atoms with van der Waals surface area (Å²) in [6.07, 6.45) is 4.16. The fraction of sp³-hybridized carbons (Fsp3) is 0.625. The first-order valence-electron chi connectivity index (χ1n) is 12.0. The van der Waals surface area contributed by atoms with Gasteiger partial charge in [0.05, 0.1) is 12.6 Å². The average molecular weight is 507 g/mol. The molecule has 6 unspecified atom stereocenters. The van der Waals surface area contributed by atoms with Gasteiger partial charge in [-0.3, -0.25) is 14.9 Å². The van der Waals surface area contributed by atoms with E-state index in [2.05, 4.69) is 9.90 Å². The van der Waals surface area contributed by atoms with Crippen molar-refractivity contribution < 1.29 is 24.2 Å². The first kappa shape index (κ1) is 27.1. The van der Waals surface area contributed by atoms with Gasteiger partial charge in [-0.2, -0.15) is 0 Å². The van der Waals surface area contributed by atoms with Gasteiger partial charge >= 0.3 is 11.9 Å². The number of esters is 1. The SMILES string of the molecule is CCOC(=O)C(NC(C)C(=O)N1C(C(=O)O)CC2CCCCC21)C(N)(Cc1ccccc1)SN=O. The number of rotatable bonds is 11. The number of aliphatic carboxylic acids is 1. The number of ether oxygens (including phenoxy) is 1. The first-order valence-corrected chi connectivity index (χ1v) is 12.8. The lowest BCUT2D eigenvalue weighted by Crippen LogP contribution is -2.64. The Hall–Kier alpha value is -2.50. The molecule has 11 heteroatoms. The van der Waals surface area contributed by atoms with Crippen LogP contribution in [0.2, 0.25) is 0 Å². The third-order valence-electron chi connectivity index (χ3n) is 6.96. The molecule has 0 bridgehead atoms. The highest BCUT2D eigenvalue weighted by atomic mass is 32.2. The van der Waals surface area contributed by atoms with E-state index in [1.165, 1.54) is 4.90 Å². The van der Waals surface area contributed by atoms with Crippen molar-refractivity contribution in [2.75, 3.05) is 6.61 Å². The number of nitrogens with zero attached hydrogens (tertiary/aromatic N) is 2. The minimum Gasteiger partial charge on any atom is -0.480 e. The Morgan fingerprint density at radius 1 is 1.29 bits per heavy atom. The van der Waals surface area contributed by atoms with Crippen molar-refractivity contribution >= 4 is 29.8 Å². The summed E-state index contributed by atoms with van der Waals surface area (Å²) in [6.45, 7) is 3.30. The fourth-order valence-electron chi connectivity index (χ4n) is 5.35. The van der Waals surface area contributed by atoms with E-state index in [0.29, 0.717) is 18.4 Å². The Labute approximate surface area is 209 Å². The molecule has 4 N–H and O–H groups in total. The second-order valence-corrected chi connectivity index (χ2v) is 10.4. The zero-order valence-electron chi connectivity index (χ0n) is 20.1. The van der Waals surface area contributed by atoms with E-state index in [9.17, 15) is 24.4 Å². The molecule has 10 nitrogen and oxygen atoms in total. The second kappa shape index (κ2) is 12.0. The van der Waals surface area contributed by atoms with Crippen molar-refractivity contribution in [3.05, 3.63) is 40.8 Å². The number of amides is 1. The molecule has 1 saturated heterocycles. The van der Waals surface area contributed by atoms with Crippen LogP contribution < -0.4 is 11.1 Å². The summed E-state index contributed by atoms with van der Waals surface area (Å²) in [5, 5.41) is 12.8. The van der Waals surface area contributed by atoms with Crippen LogP contribution in [0.4, 0.5) is 0 Å². The van der Waals surface area contributed by atoms with Crippen LogP contribution in [0.1, 0.15) is 51.5 Å². The van der Waals surface area contributed by atoms with Crippen LogP contribution in [0.5, 0.6) is 0 Å². The maximum Gasteiger partial charge on any atom is 0.326 e. The number of carbonyl (C=O) groups is 3. The number of nitroso groups, excluding NO2 is 1. The van der Waals surface area contributed by atoms with Gasteiger partial charge in [0.15, 0.2) is 0 Å². The molecule has 1 aliphatic carbocycles. The smallest absolute Gasteiger partial charge is 0.326 e. The molecule has 0 aromatic heterocycles. The van der Waals surface area contributed by atoms with Crippen molar-refractivity contribution in [2.24, 2.45) is 16.2 Å². The molecule has 1 aliphatic heterocycles. The third kappa shape index (κ3) is 6.20. The molecule has 1 aromatic carbocycles. The highest BCUT2D eigenvalue weighted by Crippen LogP contribution is 2.40. The zero-order chi connectivity index (χ0) is 25.6. The number of likely N-dealkylation sites (tertiary alicyclic amines) is 1. The molecule has 6 atom stereocenters. The largest absolute Gasteiger partial charge is 0.480 e. The Morgan fingerprint density at radius 3 is 2.60 bits per heavy atom. The summed E-state index contributed by atoms with van der Waals surface area (Å²) in [5.41, 5.74) is 7.36. The quantitative estimate of drug-likeness (QED) is 0.178. The predicted octanol–water partition coefficient (Wildman–Crippen LogP) is 2.45. The zero-order valence-corrected chi connectivity index (χ0v) is 20.9. The first-order chi connectivity index (χ1) is 16.7. The minimum absolute atomic E-state index is 0.0803. The van der Waals surface area contributed by atoms with Gasteiger partial charge in [-0.05, 0) is 44.6 Å². The summed E-state index contributed by atoms with van der Waals surface area (Å²) in [7, 11) is 0. The second-order valence-electron chi connectivity index (χ2n) is 9.30. The molecule has 1 aromatic rings. The van der Waals surface area contributed by atoms with E-state index in [1.807, 2.05) is 30.3 Å². The summed E-state index contributed by atoms with van der Waals surface area (Å²) in [5.74, 6) is -2.00. The van der Waals surface area contributed by atoms with E-state index in [-0.39, 0.29) is 25.0 Å². The number of hydrogen-bond acceptors (Lipinski definition) is 9. The van der Waals surface area contributed by atoms with Crippen molar-refractivity contribution in [3.8, 4) is 0 Å². The lowest BCUT2D eigenvalue weighted by atomic mass is 9.84. The maximum atomic E-state index is 13.6. The molecule has 192 valence electrons. The maximum absolute atomic E-state index is 13.6. The summed E-state index contributed by atoms with van der Waals surface area (Å²) in [4.78, 5) is 49.8. The number of carboxylic acid groups (broad SMARTS) is 1. The van der Waals surface area contributed by atoms with E-state index in [1.54, 1.807) is 13.8 Å². The van der Waals surface area contributed by atoms with Crippen LogP contribution in [0.25, 0.3) is 0 Å². The Kier molecular flexibility index (Phi) is 9.26. The van der Waals surface area contributed by atoms with Gasteiger partial charge in [0.2, 0.25) is 5.91 Å². The van der Waals surface area contributed by atoms with E-state index < -0.39 is 40.8 Å². The summed E-state index contributed by atoms with van der Waals surface area (Å²) in [6, 6.07) is 5.85. The number of carbonyl (C=O) groups excluding carboxylic acids is 2. The molecule has 2 fully saturated rings. The van der Waals surface area contributed by atoms with Gasteiger partial charge in [0.25, 0.3) is 0 Å². The fourth-order valence-corrected chi connectivity index (χ4v) is 5.99. The van der Waals surface area contributed by atoms with Gasteiger partial charge in [0.1, 0.15) is 17.0 Å². The van der Waals surface area contributed by atoms with Crippen molar-refractivity contribution in [1.29, 1.82) is 0 Å². The lowest BCUT2D eigenvalue weighted by Gasteiger charge is -2.38. The monoisotopic (exact) mass is 506 g/mol. The number of benzene rings is 1. The normalized spacial score (nSPS) is 25.1. The number of carboxylic acids is 1. The summed E-state index contributed by atoms with van der Waals surface area (Å²) < 4.78 is 8.14. The summed E-state index contributed by atoms with van der Waals surface area (Å²) >= 11 is 0.510. The number of hydrogen-bond donors (Lipinski definition) is 3. The van der Waals surface area contributed by atoms with Gasteiger partial charge in [-0.15, -0.1) is 4.91 Å². The molecule has 0 spiro atoms. The third-order valence-corrected chi connectivity index (χ3v) is 7.75. The molecule has 2 aliphatic rings. The van der Waals surface area contributed by atoms with E-state index in [0.717, 1.165) is 31.2 Å². The molecule has 0 radical (unpaired) electrons. The van der Waals surface area contributed by atoms with E-state index >= 15 is 0 Å². The highest BCUT2D eigenvalue weighted by Gasteiger charge is 2.50. The van der Waals surface area contributed by atoms with Gasteiger partial charge in [-0.25, -0.2) is 4.79 Å². The Bertz CT molecular complexity index is 919. The molecular formula is C24H34N4O6S. The molecule has 1 heterocycles. The van der Waals surface area contributed by atoms with Crippen LogP contribution >= 0.6 is 11.9 Å². The van der Waals surface area contributed by atoms with Crippen LogP contribution in [-0.4, -0.2) is 63.5 Å². The molecule has 3 rings (SSSR count). The van der Waals surface area contributed by atoms with Crippen molar-refractivity contribution in [3.63, 3.8) is 0 Å². The minimum atomic E-state index is -1.55. The van der Waals surface area contributed by atoms with E-state index in [4.69, 9.17) is 10.5 Å². The van der Waals surface area contributed by atoms with Gasteiger partial charge < -0.3 is 20.5 Å². The number of nitrogens with one attached hydrogen (secondary N) is 1. The molecule has 1 saturated carbocycles. The van der Waals surface area contributed by atoms with Crippen LogP contribution in [0, 0.1) is 10.8 Å². The Balaban J connectivity index is 1.87. The van der Waals surface area contributed by atoms with Crippen molar-refractivity contribution in [2.45, 2.75) is 81.4 Å². The Morgan fingerprint density at radius 2 is 1.97 bits per heavy atom. The lowest BCUT2D eigenvalue weighted by molar-refractivity contribution is -0.152. The molecule has 35 heavy (non-hydrogen) atoms. The van der Waals surface area contributed by atoms with Gasteiger partial charge in [0, 0.05) is 29.0 Å².